The smallest absolute Gasteiger partial charge is 0.412 e. The van der Waals surface area contributed by atoms with Crippen molar-refractivity contribution in [3.63, 3.8) is 0 Å². The van der Waals surface area contributed by atoms with Gasteiger partial charge < -0.3 is 9.84 Å². The molecule has 0 aromatic carbocycles. The number of rotatable bonds is 5. The van der Waals surface area contributed by atoms with Crippen LogP contribution < -0.4 is 5.32 Å². The van der Waals surface area contributed by atoms with Gasteiger partial charge in [-0.2, -0.15) is 0 Å². The van der Waals surface area contributed by atoms with Crippen LogP contribution >= 0.6 is 11.3 Å². The number of hydrogen-bond acceptors (Lipinski definition) is 4. The molecule has 1 aliphatic rings. The van der Waals surface area contributed by atoms with E-state index in [-0.39, 0.29) is 18.1 Å². The summed E-state index contributed by atoms with van der Waals surface area (Å²) in [5, 5.41) is 14.2. The lowest BCUT2D eigenvalue weighted by atomic mass is 9.83. The highest BCUT2D eigenvalue weighted by Gasteiger charge is 2.26. The maximum Gasteiger partial charge on any atom is 0.412 e. The molecule has 1 aliphatic carbocycles. The first-order valence-electron chi connectivity index (χ1n) is 7.02. The number of carboxylic acid groups (broad SMARTS) is 1. The van der Waals surface area contributed by atoms with Crippen LogP contribution in [0.3, 0.4) is 0 Å². The van der Waals surface area contributed by atoms with E-state index in [4.69, 9.17) is 4.74 Å². The maximum atomic E-state index is 11.6. The zero-order valence-corrected chi connectivity index (χ0v) is 12.6. The van der Waals surface area contributed by atoms with Crippen LogP contribution in [-0.4, -0.2) is 23.8 Å². The number of carboxylic acids is 1. The highest BCUT2D eigenvalue weighted by molar-refractivity contribution is 7.15. The lowest BCUT2D eigenvalue weighted by Crippen LogP contribution is -2.16. The Morgan fingerprint density at radius 3 is 2.76 bits per heavy atom. The van der Waals surface area contributed by atoms with Gasteiger partial charge >= 0.3 is 12.1 Å². The number of carbonyl (C=O) groups excluding carboxylic acids is 1. The minimum Gasteiger partial charge on any atom is -0.478 e. The van der Waals surface area contributed by atoms with Gasteiger partial charge in [0.25, 0.3) is 0 Å². The third-order valence-corrected chi connectivity index (χ3v) is 4.54. The van der Waals surface area contributed by atoms with E-state index < -0.39 is 12.1 Å². The van der Waals surface area contributed by atoms with Crippen molar-refractivity contribution in [1.82, 2.24) is 0 Å². The molecule has 0 bridgehead atoms. The van der Waals surface area contributed by atoms with Crippen LogP contribution in [-0.2, 0) is 4.74 Å². The zero-order valence-electron chi connectivity index (χ0n) is 11.8. The Morgan fingerprint density at radius 2 is 2.14 bits per heavy atom. The van der Waals surface area contributed by atoms with Crippen LogP contribution in [0.1, 0.15) is 53.9 Å². The van der Waals surface area contributed by atoms with Gasteiger partial charge in [0, 0.05) is 0 Å². The van der Waals surface area contributed by atoms with E-state index in [0.717, 1.165) is 31.2 Å². The number of amides is 1. The summed E-state index contributed by atoms with van der Waals surface area (Å²) in [5.41, 5.74) is 1.05. The Balaban J connectivity index is 2.18. The van der Waals surface area contributed by atoms with Crippen LogP contribution in [0.2, 0.25) is 0 Å². The molecule has 1 heterocycles. The predicted molar refractivity (Wildman–Crippen MR) is 82.3 cm³/mol. The molecule has 5 nitrogen and oxygen atoms in total. The van der Waals surface area contributed by atoms with Crippen molar-refractivity contribution in [1.29, 1.82) is 0 Å². The van der Waals surface area contributed by atoms with Crippen molar-refractivity contribution >= 4 is 28.4 Å². The van der Waals surface area contributed by atoms with E-state index in [9.17, 15) is 14.7 Å². The Kier molecular flexibility index (Phi) is 5.38. The molecule has 0 spiro atoms. The molecule has 114 valence electrons. The van der Waals surface area contributed by atoms with E-state index in [1.54, 1.807) is 0 Å². The molecule has 1 amide bonds. The number of carbonyl (C=O) groups is 2. The van der Waals surface area contributed by atoms with Crippen LogP contribution in [0.15, 0.2) is 18.0 Å². The molecule has 21 heavy (non-hydrogen) atoms. The highest BCUT2D eigenvalue weighted by Crippen LogP contribution is 2.40. The van der Waals surface area contributed by atoms with Crippen LogP contribution in [0, 0.1) is 0 Å². The van der Waals surface area contributed by atoms with E-state index >= 15 is 0 Å². The fourth-order valence-electron chi connectivity index (χ4n) is 2.66. The molecule has 1 aromatic heterocycles. The quantitative estimate of drug-likeness (QED) is 0.798. The molecule has 2 rings (SSSR count). The van der Waals surface area contributed by atoms with Gasteiger partial charge in [-0.25, -0.2) is 9.59 Å². The number of thiophene rings is 1. The third-order valence-electron chi connectivity index (χ3n) is 3.63. The van der Waals surface area contributed by atoms with Crippen LogP contribution in [0.5, 0.6) is 0 Å². The summed E-state index contributed by atoms with van der Waals surface area (Å²) in [6.07, 6.45) is 6.29. The van der Waals surface area contributed by atoms with Gasteiger partial charge in [0.05, 0.1) is 5.56 Å². The lowest BCUT2D eigenvalue weighted by molar-refractivity contribution is 0.0696. The van der Waals surface area contributed by atoms with Crippen molar-refractivity contribution in [2.45, 2.75) is 38.0 Å². The Morgan fingerprint density at radius 1 is 1.43 bits per heavy atom. The molecule has 0 atom stereocenters. The van der Waals surface area contributed by atoms with E-state index in [1.807, 2.05) is 5.38 Å². The second kappa shape index (κ2) is 7.26. The first kappa shape index (κ1) is 15.6. The fraction of sp³-hybridized carbons (Fsp3) is 0.467. The van der Waals surface area contributed by atoms with Crippen LogP contribution in [0.4, 0.5) is 9.80 Å². The van der Waals surface area contributed by atoms with Crippen molar-refractivity contribution in [2.24, 2.45) is 0 Å². The topological polar surface area (TPSA) is 75.6 Å². The maximum absolute atomic E-state index is 11.6. The molecule has 0 aliphatic heterocycles. The van der Waals surface area contributed by atoms with Gasteiger partial charge in [0.2, 0.25) is 0 Å². The SMILES string of the molecule is C=CCOC(=O)Nc1scc(C2CCCCC2)c1C(=O)O. The Labute approximate surface area is 127 Å². The lowest BCUT2D eigenvalue weighted by Gasteiger charge is -2.21. The average molecular weight is 309 g/mol. The summed E-state index contributed by atoms with van der Waals surface area (Å²) in [7, 11) is 0. The number of hydrogen-bond donors (Lipinski definition) is 2. The molecule has 1 saturated carbocycles. The summed E-state index contributed by atoms with van der Waals surface area (Å²) < 4.78 is 4.83. The Bertz CT molecular complexity index is 532. The normalized spacial score (nSPS) is 15.4. The van der Waals surface area contributed by atoms with Crippen molar-refractivity contribution in [2.75, 3.05) is 11.9 Å². The van der Waals surface area contributed by atoms with Gasteiger partial charge in [0.15, 0.2) is 0 Å². The number of anilines is 1. The van der Waals surface area contributed by atoms with E-state index in [0.29, 0.717) is 5.00 Å². The standard InChI is InChI=1S/C15H19NO4S/c1-2-8-20-15(19)16-13-12(14(17)18)11(9-21-13)10-6-4-3-5-7-10/h2,9-10H,1,3-8H2,(H,16,19)(H,17,18). The third kappa shape index (κ3) is 3.85. The van der Waals surface area contributed by atoms with E-state index in [1.165, 1.54) is 23.8 Å². The zero-order chi connectivity index (χ0) is 15.2. The number of ether oxygens (including phenoxy) is 1. The number of nitrogens with one attached hydrogen (secondary N) is 1. The Hall–Kier alpha value is -1.82. The van der Waals surface area contributed by atoms with Crippen molar-refractivity contribution in [3.05, 3.63) is 29.2 Å². The minimum absolute atomic E-state index is 0.0924. The molecule has 1 aromatic rings. The molecule has 2 N–H and O–H groups in total. The minimum atomic E-state index is -1.00. The molecule has 0 radical (unpaired) electrons. The first-order chi connectivity index (χ1) is 10.1. The van der Waals surface area contributed by atoms with Gasteiger partial charge in [-0.1, -0.05) is 31.9 Å². The summed E-state index contributed by atoms with van der Waals surface area (Å²) in [6, 6.07) is 0. The highest BCUT2D eigenvalue weighted by atomic mass is 32.1. The fourth-order valence-corrected chi connectivity index (χ4v) is 3.68. The predicted octanol–water partition coefficient (Wildman–Crippen LogP) is 4.23. The van der Waals surface area contributed by atoms with E-state index in [2.05, 4.69) is 11.9 Å². The van der Waals surface area contributed by atoms with Gasteiger partial charge in [-0.3, -0.25) is 5.32 Å². The van der Waals surface area contributed by atoms with Crippen LogP contribution in [0.25, 0.3) is 0 Å². The van der Waals surface area contributed by atoms with Crippen molar-refractivity contribution < 1.29 is 19.4 Å². The molecule has 0 unspecified atom stereocenters. The second-order valence-corrected chi connectivity index (χ2v) is 5.93. The summed E-state index contributed by atoms with van der Waals surface area (Å²) in [4.78, 5) is 23.1. The average Bonchev–Trinajstić information content (AvgIpc) is 2.89. The largest absolute Gasteiger partial charge is 0.478 e. The molecule has 1 fully saturated rings. The number of aromatic carboxylic acids is 1. The monoisotopic (exact) mass is 309 g/mol. The first-order valence-corrected chi connectivity index (χ1v) is 7.90. The molecule has 0 saturated heterocycles. The second-order valence-electron chi connectivity index (χ2n) is 5.05. The summed E-state index contributed by atoms with van der Waals surface area (Å²) >= 11 is 1.24. The van der Waals surface area contributed by atoms with Crippen molar-refractivity contribution in [3.8, 4) is 0 Å². The molecular formula is C15H19NO4S. The molecular weight excluding hydrogens is 290 g/mol. The van der Waals surface area contributed by atoms with Gasteiger partial charge in [0.1, 0.15) is 11.6 Å². The summed E-state index contributed by atoms with van der Waals surface area (Å²) in [6.45, 7) is 3.55. The molecule has 6 heteroatoms. The summed E-state index contributed by atoms with van der Waals surface area (Å²) in [5.74, 6) is -0.725. The van der Waals surface area contributed by atoms with Gasteiger partial charge in [-0.05, 0) is 29.7 Å². The van der Waals surface area contributed by atoms with Gasteiger partial charge in [-0.15, -0.1) is 11.3 Å².